The summed E-state index contributed by atoms with van der Waals surface area (Å²) in [4.78, 5) is 38.4. The van der Waals surface area contributed by atoms with E-state index < -0.39 is 62.2 Å². The second-order valence-electron chi connectivity index (χ2n) is 11.9. The number of carbonyl (C=O) groups excluding carboxylic acids is 3. The summed E-state index contributed by atoms with van der Waals surface area (Å²) >= 11 is 0. The van der Waals surface area contributed by atoms with E-state index in [4.69, 9.17) is 33.7 Å². The smallest absolute Gasteiger partial charge is 0.459 e. The van der Waals surface area contributed by atoms with Crippen LogP contribution in [-0.4, -0.2) is 64.6 Å². The molecule has 1 saturated carbocycles. The molecular weight excluding hydrogens is 657 g/mol. The summed E-state index contributed by atoms with van der Waals surface area (Å²) in [5, 5.41) is 17.7. The molecule has 1 saturated heterocycles. The van der Waals surface area contributed by atoms with Crippen LogP contribution in [0.25, 0.3) is 5.52 Å². The van der Waals surface area contributed by atoms with Gasteiger partial charge in [-0.15, -0.1) is 0 Å². The van der Waals surface area contributed by atoms with E-state index >= 15 is 0 Å². The Bertz CT molecular complexity index is 1740. The molecule has 1 aliphatic heterocycles. The molecule has 3 aromatic rings. The van der Waals surface area contributed by atoms with Crippen molar-refractivity contribution in [2.24, 2.45) is 5.92 Å². The van der Waals surface area contributed by atoms with Crippen LogP contribution in [0.15, 0.2) is 54.7 Å². The molecule has 16 heteroatoms. The zero-order valence-corrected chi connectivity index (χ0v) is 28.4. The number of aromatic nitrogens is 2. The summed E-state index contributed by atoms with van der Waals surface area (Å²) in [6, 6.07) is 13.8. The lowest BCUT2D eigenvalue weighted by Crippen LogP contribution is -2.49. The van der Waals surface area contributed by atoms with E-state index in [1.807, 2.05) is 6.07 Å². The first kappa shape index (κ1) is 35.8. The van der Waals surface area contributed by atoms with Crippen LogP contribution in [0.3, 0.4) is 0 Å². The number of nitrogen functional groups attached to an aromatic ring is 1. The number of rotatable bonds is 15. The summed E-state index contributed by atoms with van der Waals surface area (Å²) in [7, 11) is -4.51. The summed E-state index contributed by atoms with van der Waals surface area (Å²) in [5.74, 6) is -1.64. The Hall–Kier alpha value is -4.48. The van der Waals surface area contributed by atoms with Gasteiger partial charge in [-0.3, -0.25) is 18.9 Å². The maximum absolute atomic E-state index is 14.4. The molecule has 0 unspecified atom stereocenters. The quantitative estimate of drug-likeness (QED) is 0.128. The highest BCUT2D eigenvalue weighted by Gasteiger charge is 2.62. The molecule has 2 fully saturated rings. The molecule has 1 aromatic carbocycles. The van der Waals surface area contributed by atoms with E-state index in [9.17, 15) is 24.2 Å². The number of nitrogens with zero attached hydrogens (tertiary/aromatic N) is 3. The van der Waals surface area contributed by atoms with Gasteiger partial charge in [0.25, 0.3) is 0 Å². The lowest BCUT2D eigenvalue weighted by Gasteiger charge is -2.30. The molecular formula is C33H40N5O10P. The van der Waals surface area contributed by atoms with Gasteiger partial charge in [0.15, 0.2) is 12.2 Å². The van der Waals surface area contributed by atoms with Crippen LogP contribution in [0.2, 0.25) is 0 Å². The first-order valence-electron chi connectivity index (χ1n) is 16.1. The van der Waals surface area contributed by atoms with Crippen LogP contribution in [0.5, 0.6) is 5.75 Å². The van der Waals surface area contributed by atoms with Gasteiger partial charge in [0, 0.05) is 19.0 Å². The molecule has 2 aromatic heterocycles. The maximum atomic E-state index is 14.4. The Morgan fingerprint density at radius 3 is 2.49 bits per heavy atom. The fraction of sp³-hybridized carbons (Fsp3) is 0.485. The number of carbonyl (C=O) groups is 3. The zero-order chi connectivity index (χ0) is 35.2. The number of nitriles is 1. The van der Waals surface area contributed by atoms with Gasteiger partial charge in [0.2, 0.25) is 5.60 Å². The third-order valence-electron chi connectivity index (χ3n) is 8.40. The van der Waals surface area contributed by atoms with Crippen molar-refractivity contribution in [2.75, 3.05) is 18.9 Å². The summed E-state index contributed by atoms with van der Waals surface area (Å²) in [6.07, 6.45) is 0.193. The molecule has 5 rings (SSSR count). The van der Waals surface area contributed by atoms with Gasteiger partial charge < -0.3 is 29.2 Å². The average Bonchev–Trinajstić information content (AvgIpc) is 3.63. The average molecular weight is 698 g/mol. The van der Waals surface area contributed by atoms with Crippen LogP contribution >= 0.6 is 7.75 Å². The molecule has 0 radical (unpaired) electrons. The van der Waals surface area contributed by atoms with E-state index in [-0.39, 0.29) is 31.1 Å². The minimum atomic E-state index is -4.51. The fourth-order valence-corrected chi connectivity index (χ4v) is 6.96. The number of para-hydroxylation sites is 1. The molecule has 3 N–H and O–H groups in total. The molecule has 2 aliphatic rings. The number of nitrogens with two attached hydrogens (primary N) is 1. The van der Waals surface area contributed by atoms with Crippen molar-refractivity contribution in [2.45, 2.75) is 82.8 Å². The molecule has 3 heterocycles. The standard InChI is InChI=1S/C33H40N5O10P/c1-4-27(39)45-30-29(26-15-14-25-24(35)16-17-36-38(25)26)47-33(19-34,31(30)46-28(40)5-2)20-44-49(42,48-23-12-7-6-8-13-23)37-21(3)32(41)43-18-22-10-9-11-22/h6-8,12-17,21-22,29-31H,4-5,9-11,18,20,35H2,1-3H3,(H,37,42)/t21-,29-,30-,31-,33+,49+/m0/s1. The summed E-state index contributed by atoms with van der Waals surface area (Å²) < 4.78 is 50.8. The number of ether oxygens (including phenoxy) is 4. The van der Waals surface area contributed by atoms with Crippen LogP contribution in [0, 0.1) is 17.2 Å². The van der Waals surface area contributed by atoms with Gasteiger partial charge in [-0.1, -0.05) is 38.5 Å². The van der Waals surface area contributed by atoms with E-state index in [1.165, 1.54) is 29.8 Å². The van der Waals surface area contributed by atoms with E-state index in [1.54, 1.807) is 50.2 Å². The van der Waals surface area contributed by atoms with Crippen molar-refractivity contribution >= 4 is 36.9 Å². The van der Waals surface area contributed by atoms with Gasteiger partial charge in [0.1, 0.15) is 30.6 Å². The predicted molar refractivity (Wildman–Crippen MR) is 174 cm³/mol. The van der Waals surface area contributed by atoms with Gasteiger partial charge in [-0.25, -0.2) is 9.08 Å². The largest absolute Gasteiger partial charge is 0.464 e. The Morgan fingerprint density at radius 2 is 1.84 bits per heavy atom. The molecule has 262 valence electrons. The van der Waals surface area contributed by atoms with Crippen molar-refractivity contribution in [3.63, 3.8) is 0 Å². The topological polar surface area (TPSA) is 203 Å². The van der Waals surface area contributed by atoms with Crippen molar-refractivity contribution in [1.29, 1.82) is 5.26 Å². The second kappa shape index (κ2) is 15.4. The summed E-state index contributed by atoms with van der Waals surface area (Å²) in [5.41, 5.74) is 5.18. The SMILES string of the molecule is CCC(=O)O[C@H]1[C@H](c2ccc3c(N)ccnn23)O[C@](C#N)(CO[P@](=O)(N[C@@H](C)C(=O)OCC2CCC2)Oc2ccccc2)[C@H]1OC(=O)CC. The third kappa shape index (κ3) is 8.05. The van der Waals surface area contributed by atoms with Gasteiger partial charge in [-0.2, -0.15) is 15.4 Å². The highest BCUT2D eigenvalue weighted by molar-refractivity contribution is 7.52. The van der Waals surface area contributed by atoms with Crippen molar-refractivity contribution in [3.8, 4) is 11.8 Å². The molecule has 0 amide bonds. The van der Waals surface area contributed by atoms with E-state index in [0.717, 1.165) is 19.3 Å². The van der Waals surface area contributed by atoms with Crippen molar-refractivity contribution in [1.82, 2.24) is 14.7 Å². The summed E-state index contributed by atoms with van der Waals surface area (Å²) in [6.45, 7) is 3.99. The number of benzene rings is 1. The van der Waals surface area contributed by atoms with Gasteiger partial charge >= 0.3 is 25.7 Å². The minimum absolute atomic E-state index is 0.0351. The van der Waals surface area contributed by atoms with Crippen LogP contribution in [0.4, 0.5) is 5.69 Å². The van der Waals surface area contributed by atoms with E-state index in [2.05, 4.69) is 10.2 Å². The van der Waals surface area contributed by atoms with Crippen LogP contribution in [-0.2, 0) is 42.4 Å². The Balaban J connectivity index is 1.49. The van der Waals surface area contributed by atoms with Crippen molar-refractivity contribution in [3.05, 3.63) is 60.4 Å². The number of nitrogens with one attached hydrogen (secondary N) is 1. The Morgan fingerprint density at radius 1 is 1.12 bits per heavy atom. The zero-order valence-electron chi connectivity index (χ0n) is 27.5. The maximum Gasteiger partial charge on any atom is 0.459 e. The molecule has 1 aliphatic carbocycles. The Labute approximate surface area is 283 Å². The number of hydrogen-bond donors (Lipinski definition) is 2. The number of hydrogen-bond acceptors (Lipinski definition) is 13. The van der Waals surface area contributed by atoms with Crippen molar-refractivity contribution < 1.29 is 46.9 Å². The predicted octanol–water partition coefficient (Wildman–Crippen LogP) is 4.42. The van der Waals surface area contributed by atoms with E-state index in [0.29, 0.717) is 16.9 Å². The normalized spacial score (nSPS) is 23.8. The van der Waals surface area contributed by atoms with Crippen LogP contribution in [0.1, 0.15) is 64.7 Å². The second-order valence-corrected chi connectivity index (χ2v) is 13.6. The molecule has 0 bridgehead atoms. The molecule has 49 heavy (non-hydrogen) atoms. The van der Waals surface area contributed by atoms with Gasteiger partial charge in [-0.05, 0) is 56.0 Å². The Kier molecular flexibility index (Phi) is 11.2. The van der Waals surface area contributed by atoms with Crippen LogP contribution < -0.4 is 15.3 Å². The molecule has 0 spiro atoms. The molecule has 6 atom stereocenters. The minimum Gasteiger partial charge on any atom is -0.464 e. The van der Waals surface area contributed by atoms with Gasteiger partial charge in [0.05, 0.1) is 23.5 Å². The lowest BCUT2D eigenvalue weighted by atomic mass is 9.86. The highest BCUT2D eigenvalue weighted by atomic mass is 31.2. The first-order chi connectivity index (χ1) is 23.5. The monoisotopic (exact) mass is 697 g/mol. The molecule has 15 nitrogen and oxygen atoms in total. The third-order valence-corrected chi connectivity index (χ3v) is 10.0. The number of esters is 3. The number of anilines is 1. The first-order valence-corrected chi connectivity index (χ1v) is 17.7. The number of fused-ring (bicyclic) bond motifs is 1. The lowest BCUT2D eigenvalue weighted by molar-refractivity contribution is -0.169. The highest BCUT2D eigenvalue weighted by Crippen LogP contribution is 2.50. The fourth-order valence-electron chi connectivity index (χ4n) is 5.44.